The molecule has 0 spiro atoms. The Hall–Kier alpha value is -0.810. The van der Waals surface area contributed by atoms with Crippen LogP contribution >= 0.6 is 11.8 Å². The Kier molecular flexibility index (Phi) is 7.92. The van der Waals surface area contributed by atoms with Crippen molar-refractivity contribution in [2.45, 2.75) is 46.2 Å². The van der Waals surface area contributed by atoms with Crippen LogP contribution in [0.2, 0.25) is 0 Å². The summed E-state index contributed by atoms with van der Waals surface area (Å²) in [4.78, 5) is 11.4. The lowest BCUT2D eigenvalue weighted by molar-refractivity contribution is 0.647. The molecule has 0 aliphatic heterocycles. The number of nitrogens with one attached hydrogen (secondary N) is 1. The van der Waals surface area contributed by atoms with Gasteiger partial charge in [-0.1, -0.05) is 13.8 Å². The normalized spacial score (nSPS) is 12.4. The Labute approximate surface area is 127 Å². The van der Waals surface area contributed by atoms with Gasteiger partial charge in [-0.25, -0.2) is 9.97 Å². The van der Waals surface area contributed by atoms with Crippen LogP contribution in [0, 0.1) is 6.92 Å². The maximum Gasteiger partial charge on any atom is 0.225 e. The molecular formula is C15H28N4S. The van der Waals surface area contributed by atoms with Crippen LogP contribution in [0.15, 0.2) is 6.20 Å². The quantitative estimate of drug-likeness (QED) is 0.710. The fourth-order valence-electron chi connectivity index (χ4n) is 2.08. The smallest absolute Gasteiger partial charge is 0.225 e. The molecule has 114 valence electrons. The highest BCUT2D eigenvalue weighted by Crippen LogP contribution is 2.16. The third kappa shape index (κ3) is 4.94. The second-order valence-electron chi connectivity index (χ2n) is 5.09. The number of rotatable bonds is 9. The van der Waals surface area contributed by atoms with Gasteiger partial charge in [-0.05, 0) is 32.6 Å². The average Bonchev–Trinajstić information content (AvgIpc) is 2.46. The van der Waals surface area contributed by atoms with Crippen molar-refractivity contribution < 1.29 is 0 Å². The van der Waals surface area contributed by atoms with E-state index in [1.54, 1.807) is 0 Å². The van der Waals surface area contributed by atoms with E-state index < -0.39 is 0 Å². The SMILES string of the molecule is CCCNCc1cnc(N(C)C(CC)CSC)nc1C. The summed E-state index contributed by atoms with van der Waals surface area (Å²) < 4.78 is 0. The Morgan fingerprint density at radius 3 is 2.70 bits per heavy atom. The first-order valence-corrected chi connectivity index (χ1v) is 8.78. The van der Waals surface area contributed by atoms with Gasteiger partial charge in [0.05, 0.1) is 0 Å². The Balaban J connectivity index is 2.74. The van der Waals surface area contributed by atoms with Gasteiger partial charge in [-0.3, -0.25) is 0 Å². The Morgan fingerprint density at radius 1 is 1.40 bits per heavy atom. The minimum atomic E-state index is 0.494. The van der Waals surface area contributed by atoms with Crippen molar-refractivity contribution in [3.05, 3.63) is 17.5 Å². The molecular weight excluding hydrogens is 268 g/mol. The average molecular weight is 296 g/mol. The van der Waals surface area contributed by atoms with E-state index in [2.05, 4.69) is 54.3 Å². The van der Waals surface area contributed by atoms with Gasteiger partial charge in [-0.2, -0.15) is 11.8 Å². The molecule has 1 N–H and O–H groups in total. The zero-order chi connectivity index (χ0) is 15.0. The lowest BCUT2D eigenvalue weighted by Gasteiger charge is -2.27. The Bertz CT molecular complexity index is 397. The topological polar surface area (TPSA) is 41.1 Å². The fourth-order valence-corrected chi connectivity index (χ4v) is 2.93. The highest BCUT2D eigenvalue weighted by atomic mass is 32.2. The summed E-state index contributed by atoms with van der Waals surface area (Å²) in [7, 11) is 2.09. The number of anilines is 1. The second-order valence-corrected chi connectivity index (χ2v) is 6.00. The van der Waals surface area contributed by atoms with Crippen molar-refractivity contribution in [3.8, 4) is 0 Å². The van der Waals surface area contributed by atoms with E-state index in [1.807, 2.05) is 18.0 Å². The second kappa shape index (κ2) is 9.19. The number of thioether (sulfide) groups is 1. The van der Waals surface area contributed by atoms with E-state index in [4.69, 9.17) is 0 Å². The highest BCUT2D eigenvalue weighted by Gasteiger charge is 2.15. The zero-order valence-corrected chi connectivity index (χ0v) is 14.3. The summed E-state index contributed by atoms with van der Waals surface area (Å²) in [5.41, 5.74) is 2.26. The van der Waals surface area contributed by atoms with E-state index in [0.717, 1.165) is 43.3 Å². The number of hydrogen-bond donors (Lipinski definition) is 1. The predicted molar refractivity (Wildman–Crippen MR) is 89.6 cm³/mol. The molecule has 1 rings (SSSR count). The van der Waals surface area contributed by atoms with Gasteiger partial charge in [0.15, 0.2) is 0 Å². The minimum Gasteiger partial charge on any atom is -0.340 e. The molecule has 0 saturated carbocycles. The van der Waals surface area contributed by atoms with Crippen molar-refractivity contribution in [1.29, 1.82) is 0 Å². The van der Waals surface area contributed by atoms with E-state index >= 15 is 0 Å². The summed E-state index contributed by atoms with van der Waals surface area (Å²) >= 11 is 1.87. The molecule has 5 heteroatoms. The van der Waals surface area contributed by atoms with Crippen molar-refractivity contribution in [3.63, 3.8) is 0 Å². The predicted octanol–water partition coefficient (Wildman–Crippen LogP) is 2.86. The molecule has 0 aromatic carbocycles. The molecule has 1 atom stereocenters. The van der Waals surface area contributed by atoms with E-state index in [-0.39, 0.29) is 0 Å². The molecule has 1 heterocycles. The molecule has 0 radical (unpaired) electrons. The van der Waals surface area contributed by atoms with Gasteiger partial charge in [0, 0.05) is 42.8 Å². The first-order valence-electron chi connectivity index (χ1n) is 7.39. The molecule has 0 saturated heterocycles. The maximum atomic E-state index is 4.67. The summed E-state index contributed by atoms with van der Waals surface area (Å²) in [6.45, 7) is 8.34. The number of aryl methyl sites for hydroxylation is 1. The van der Waals surface area contributed by atoms with Crippen molar-refractivity contribution in [1.82, 2.24) is 15.3 Å². The van der Waals surface area contributed by atoms with E-state index in [0.29, 0.717) is 6.04 Å². The highest BCUT2D eigenvalue weighted by molar-refractivity contribution is 7.98. The van der Waals surface area contributed by atoms with Crippen molar-refractivity contribution in [2.24, 2.45) is 0 Å². The van der Waals surface area contributed by atoms with E-state index in [9.17, 15) is 0 Å². The molecule has 0 aliphatic carbocycles. The van der Waals surface area contributed by atoms with Gasteiger partial charge in [0.2, 0.25) is 5.95 Å². The van der Waals surface area contributed by atoms with Crippen LogP contribution in [0.1, 0.15) is 37.9 Å². The summed E-state index contributed by atoms with van der Waals surface area (Å²) in [5, 5.41) is 3.40. The third-order valence-electron chi connectivity index (χ3n) is 3.50. The fraction of sp³-hybridized carbons (Fsp3) is 0.733. The molecule has 20 heavy (non-hydrogen) atoms. The van der Waals surface area contributed by atoms with Gasteiger partial charge in [0.1, 0.15) is 0 Å². The first-order chi connectivity index (χ1) is 9.63. The van der Waals surface area contributed by atoms with Crippen molar-refractivity contribution >= 4 is 17.7 Å². The van der Waals surface area contributed by atoms with Gasteiger partial charge >= 0.3 is 0 Å². The molecule has 0 aliphatic rings. The van der Waals surface area contributed by atoms with Gasteiger partial charge < -0.3 is 10.2 Å². The van der Waals surface area contributed by atoms with Crippen molar-refractivity contribution in [2.75, 3.05) is 30.5 Å². The van der Waals surface area contributed by atoms with E-state index in [1.165, 1.54) is 5.56 Å². The first kappa shape index (κ1) is 17.2. The molecule has 1 aromatic heterocycles. The molecule has 1 unspecified atom stereocenters. The standard InChI is InChI=1S/C15H28N4S/c1-6-8-16-9-13-10-17-15(18-12(13)3)19(4)14(7-2)11-20-5/h10,14,16H,6-9,11H2,1-5H3. The molecule has 0 fully saturated rings. The van der Waals surface area contributed by atoms with Gasteiger partial charge in [-0.15, -0.1) is 0 Å². The molecule has 1 aromatic rings. The van der Waals surface area contributed by atoms with Crippen LogP contribution in [0.25, 0.3) is 0 Å². The maximum absolute atomic E-state index is 4.67. The molecule has 0 amide bonds. The zero-order valence-electron chi connectivity index (χ0n) is 13.4. The molecule has 4 nitrogen and oxygen atoms in total. The third-order valence-corrected chi connectivity index (χ3v) is 4.22. The monoisotopic (exact) mass is 296 g/mol. The number of aromatic nitrogens is 2. The number of hydrogen-bond acceptors (Lipinski definition) is 5. The largest absolute Gasteiger partial charge is 0.340 e. The van der Waals surface area contributed by atoms with Crippen LogP contribution < -0.4 is 10.2 Å². The van der Waals surface area contributed by atoms with Crippen LogP contribution in [0.5, 0.6) is 0 Å². The summed E-state index contributed by atoms with van der Waals surface area (Å²) in [5.74, 6) is 1.94. The summed E-state index contributed by atoms with van der Waals surface area (Å²) in [6, 6.07) is 0.494. The lowest BCUT2D eigenvalue weighted by atomic mass is 10.2. The van der Waals surface area contributed by atoms with Crippen LogP contribution in [-0.4, -0.2) is 41.6 Å². The summed E-state index contributed by atoms with van der Waals surface area (Å²) in [6.07, 6.45) is 6.36. The van der Waals surface area contributed by atoms with Crippen LogP contribution in [-0.2, 0) is 6.54 Å². The molecule has 0 bridgehead atoms. The van der Waals surface area contributed by atoms with Gasteiger partial charge in [0.25, 0.3) is 0 Å². The van der Waals surface area contributed by atoms with Crippen LogP contribution in [0.3, 0.4) is 0 Å². The number of nitrogens with zero attached hydrogens (tertiary/aromatic N) is 3. The Morgan fingerprint density at radius 2 is 2.15 bits per heavy atom. The minimum absolute atomic E-state index is 0.494. The lowest BCUT2D eigenvalue weighted by Crippen LogP contribution is -2.34. The van der Waals surface area contributed by atoms with Crippen LogP contribution in [0.4, 0.5) is 5.95 Å².